The number of esters is 1. The summed E-state index contributed by atoms with van der Waals surface area (Å²) in [4.78, 5) is 39.4. The van der Waals surface area contributed by atoms with Crippen LogP contribution < -0.4 is 5.73 Å². The Kier molecular flexibility index (Phi) is 5.33. The van der Waals surface area contributed by atoms with Crippen LogP contribution in [0.4, 0.5) is 5.69 Å². The summed E-state index contributed by atoms with van der Waals surface area (Å²) in [6.45, 7) is 6.30. The van der Waals surface area contributed by atoms with Crippen LogP contribution in [0.2, 0.25) is 5.02 Å². The first-order chi connectivity index (χ1) is 11.6. The number of rotatable bonds is 5. The van der Waals surface area contributed by atoms with Gasteiger partial charge in [0.15, 0.2) is 11.9 Å². The largest absolute Gasteiger partial charge is 0.451 e. The Morgan fingerprint density at radius 3 is 2.40 bits per heavy atom. The Bertz CT molecular complexity index is 870. The van der Waals surface area contributed by atoms with E-state index in [1.807, 2.05) is 0 Å². The molecular weight excluding hydrogens is 344 g/mol. The van der Waals surface area contributed by atoms with Crippen molar-refractivity contribution in [3.63, 3.8) is 0 Å². The van der Waals surface area contributed by atoms with Gasteiger partial charge in [0.05, 0.1) is 11.3 Å². The number of carbonyl (C=O) groups excluding carboxylic acids is 3. The monoisotopic (exact) mass is 362 g/mol. The second kappa shape index (κ2) is 7.11. The zero-order chi connectivity index (χ0) is 18.9. The van der Waals surface area contributed by atoms with Crippen molar-refractivity contribution in [2.45, 2.75) is 33.8 Å². The first-order valence-corrected chi connectivity index (χ1v) is 8.01. The van der Waals surface area contributed by atoms with Gasteiger partial charge in [0, 0.05) is 22.0 Å². The number of halogens is 1. The molecule has 1 heterocycles. The average molecular weight is 363 g/mol. The normalized spacial score (nSPS) is 11.9. The molecule has 0 radical (unpaired) electrons. The quantitative estimate of drug-likeness (QED) is 0.481. The number of ether oxygens (including phenoxy) is 1. The van der Waals surface area contributed by atoms with Gasteiger partial charge in [-0.25, -0.2) is 4.79 Å². The molecule has 0 saturated carbocycles. The van der Waals surface area contributed by atoms with Crippen molar-refractivity contribution < 1.29 is 19.1 Å². The maximum Gasteiger partial charge on any atom is 0.340 e. The molecule has 0 aliphatic carbocycles. The van der Waals surface area contributed by atoms with Crippen molar-refractivity contribution in [1.29, 1.82) is 0 Å². The molecule has 0 spiro atoms. The molecule has 132 valence electrons. The highest BCUT2D eigenvalue weighted by Crippen LogP contribution is 2.22. The predicted octanol–water partition coefficient (Wildman–Crippen LogP) is 3.50. The zero-order valence-corrected chi connectivity index (χ0v) is 15.2. The van der Waals surface area contributed by atoms with Crippen LogP contribution in [0.5, 0.6) is 0 Å². The fourth-order valence-corrected chi connectivity index (χ4v) is 2.91. The van der Waals surface area contributed by atoms with E-state index in [2.05, 4.69) is 4.98 Å². The lowest BCUT2D eigenvalue weighted by Crippen LogP contribution is -2.25. The Morgan fingerprint density at radius 2 is 1.88 bits per heavy atom. The van der Waals surface area contributed by atoms with Crippen molar-refractivity contribution in [2.24, 2.45) is 0 Å². The third kappa shape index (κ3) is 3.74. The van der Waals surface area contributed by atoms with Gasteiger partial charge in [-0.05, 0) is 51.5 Å². The second-order valence-corrected chi connectivity index (χ2v) is 6.26. The van der Waals surface area contributed by atoms with Crippen molar-refractivity contribution in [2.75, 3.05) is 5.73 Å². The van der Waals surface area contributed by atoms with E-state index in [9.17, 15) is 14.4 Å². The van der Waals surface area contributed by atoms with E-state index in [4.69, 9.17) is 22.1 Å². The smallest absolute Gasteiger partial charge is 0.340 e. The number of carbonyl (C=O) groups is 3. The summed E-state index contributed by atoms with van der Waals surface area (Å²) in [6, 6.07) is 4.38. The minimum absolute atomic E-state index is 0.132. The van der Waals surface area contributed by atoms with Crippen LogP contribution in [0.1, 0.15) is 56.3 Å². The van der Waals surface area contributed by atoms with Gasteiger partial charge in [0.2, 0.25) is 5.78 Å². The fraction of sp³-hybridized carbons (Fsp3) is 0.278. The van der Waals surface area contributed by atoms with Gasteiger partial charge in [-0.1, -0.05) is 11.6 Å². The molecule has 0 aliphatic heterocycles. The Balaban J connectivity index is 2.22. The number of nitrogens with one attached hydrogen (secondary N) is 1. The molecule has 0 amide bonds. The molecule has 0 fully saturated rings. The van der Waals surface area contributed by atoms with Gasteiger partial charge in [-0.15, -0.1) is 0 Å². The highest BCUT2D eigenvalue weighted by molar-refractivity contribution is 6.31. The topological polar surface area (TPSA) is 102 Å². The molecule has 1 unspecified atom stereocenters. The summed E-state index contributed by atoms with van der Waals surface area (Å²) in [5, 5.41) is 0.396. The van der Waals surface area contributed by atoms with Crippen molar-refractivity contribution >= 4 is 34.8 Å². The minimum atomic E-state index is -1.04. The summed E-state index contributed by atoms with van der Waals surface area (Å²) >= 11 is 5.80. The van der Waals surface area contributed by atoms with E-state index in [-0.39, 0.29) is 22.7 Å². The lowest BCUT2D eigenvalue weighted by atomic mass is 10.0. The molecule has 0 bridgehead atoms. The molecule has 2 rings (SSSR count). The van der Waals surface area contributed by atoms with Crippen LogP contribution in [0, 0.1) is 13.8 Å². The fourth-order valence-electron chi connectivity index (χ4n) is 2.72. The minimum Gasteiger partial charge on any atom is -0.451 e. The van der Waals surface area contributed by atoms with E-state index in [0.717, 1.165) is 0 Å². The van der Waals surface area contributed by atoms with E-state index >= 15 is 0 Å². The van der Waals surface area contributed by atoms with Crippen LogP contribution in [-0.2, 0) is 4.74 Å². The average Bonchev–Trinajstić information content (AvgIpc) is 2.80. The molecule has 6 nitrogen and oxygen atoms in total. The highest BCUT2D eigenvalue weighted by atomic mass is 35.5. The van der Waals surface area contributed by atoms with Gasteiger partial charge < -0.3 is 15.5 Å². The first kappa shape index (κ1) is 18.7. The number of aromatic amines is 1. The number of hydrogen-bond donors (Lipinski definition) is 2. The van der Waals surface area contributed by atoms with Gasteiger partial charge in [-0.2, -0.15) is 0 Å². The SMILES string of the molecule is CC(=O)c1c(C)[nH]c(C(=O)C(C)OC(=O)c2ccc(Cl)cc2N)c1C. The number of Topliss-reactive ketones (excluding diaryl/α,β-unsaturated/α-hetero) is 2. The summed E-state index contributed by atoms with van der Waals surface area (Å²) in [5.74, 6) is -1.28. The van der Waals surface area contributed by atoms with E-state index in [1.54, 1.807) is 13.8 Å². The number of nitrogen functional groups attached to an aromatic ring is 1. The number of ketones is 2. The van der Waals surface area contributed by atoms with Gasteiger partial charge in [-0.3, -0.25) is 9.59 Å². The van der Waals surface area contributed by atoms with Crippen molar-refractivity contribution in [3.05, 3.63) is 51.3 Å². The maximum absolute atomic E-state index is 12.6. The number of aromatic nitrogens is 1. The van der Waals surface area contributed by atoms with Crippen LogP contribution in [0.15, 0.2) is 18.2 Å². The lowest BCUT2D eigenvalue weighted by molar-refractivity contribution is 0.0318. The third-order valence-electron chi connectivity index (χ3n) is 3.92. The summed E-state index contributed by atoms with van der Waals surface area (Å²) < 4.78 is 5.22. The highest BCUT2D eigenvalue weighted by Gasteiger charge is 2.26. The van der Waals surface area contributed by atoms with Gasteiger partial charge >= 0.3 is 5.97 Å². The molecular formula is C18H19ClN2O4. The standard InChI is InChI=1S/C18H19ClN2O4/c1-8-15(10(3)22)9(2)21-16(8)17(23)11(4)25-18(24)13-6-5-12(19)7-14(13)20/h5-7,11,21H,20H2,1-4H3. The van der Waals surface area contributed by atoms with Gasteiger partial charge in [0.25, 0.3) is 0 Å². The molecule has 7 heteroatoms. The maximum atomic E-state index is 12.6. The van der Waals surface area contributed by atoms with Crippen LogP contribution in [0.25, 0.3) is 0 Å². The molecule has 0 aliphatic rings. The summed E-state index contributed by atoms with van der Waals surface area (Å²) in [5.41, 5.74) is 7.94. The van der Waals surface area contributed by atoms with Crippen LogP contribution in [0.3, 0.4) is 0 Å². The third-order valence-corrected chi connectivity index (χ3v) is 4.16. The first-order valence-electron chi connectivity index (χ1n) is 7.63. The molecule has 25 heavy (non-hydrogen) atoms. The number of benzene rings is 1. The zero-order valence-electron chi connectivity index (χ0n) is 14.4. The number of aryl methyl sites for hydroxylation is 1. The molecule has 2 aromatic rings. The van der Waals surface area contributed by atoms with Crippen LogP contribution in [-0.4, -0.2) is 28.6 Å². The molecule has 1 aromatic carbocycles. The van der Waals surface area contributed by atoms with Gasteiger partial charge in [0.1, 0.15) is 0 Å². The van der Waals surface area contributed by atoms with E-state index in [0.29, 0.717) is 21.8 Å². The summed E-state index contributed by atoms with van der Waals surface area (Å²) in [6.07, 6.45) is -1.04. The van der Waals surface area contributed by atoms with E-state index in [1.165, 1.54) is 32.0 Å². The second-order valence-electron chi connectivity index (χ2n) is 5.82. The number of H-pyrrole nitrogens is 1. The Morgan fingerprint density at radius 1 is 1.24 bits per heavy atom. The Hall–Kier alpha value is -2.60. The van der Waals surface area contributed by atoms with E-state index < -0.39 is 17.9 Å². The number of hydrogen-bond acceptors (Lipinski definition) is 5. The Labute approximate surface area is 150 Å². The lowest BCUT2D eigenvalue weighted by Gasteiger charge is -2.13. The molecule has 0 saturated heterocycles. The van der Waals surface area contributed by atoms with Crippen molar-refractivity contribution in [3.8, 4) is 0 Å². The predicted molar refractivity (Wildman–Crippen MR) is 95.3 cm³/mol. The summed E-state index contributed by atoms with van der Waals surface area (Å²) in [7, 11) is 0. The van der Waals surface area contributed by atoms with Crippen molar-refractivity contribution in [1.82, 2.24) is 4.98 Å². The number of anilines is 1. The number of nitrogens with two attached hydrogens (primary N) is 1. The van der Waals surface area contributed by atoms with Crippen LogP contribution >= 0.6 is 11.6 Å². The molecule has 1 atom stereocenters. The molecule has 1 aromatic heterocycles. The molecule has 3 N–H and O–H groups in total.